The first-order chi connectivity index (χ1) is 12.0. The number of halogens is 3. The van der Waals surface area contributed by atoms with Crippen molar-refractivity contribution in [1.29, 1.82) is 0 Å². The molecule has 0 unspecified atom stereocenters. The molecule has 1 N–H and O–H groups in total. The SMILES string of the molecule is O=C(C=Cc1ccc(-c2cccc(Cl)c2Cl)o1)Nc1cccc(Br)c1. The number of nitrogens with one attached hydrogen (secondary N) is 1. The summed E-state index contributed by atoms with van der Waals surface area (Å²) in [4.78, 5) is 12.0. The molecule has 2 aromatic carbocycles. The second kappa shape index (κ2) is 7.91. The van der Waals surface area contributed by atoms with E-state index < -0.39 is 0 Å². The highest BCUT2D eigenvalue weighted by Gasteiger charge is 2.10. The van der Waals surface area contributed by atoms with Crippen LogP contribution in [-0.4, -0.2) is 5.91 Å². The Labute approximate surface area is 163 Å². The van der Waals surface area contributed by atoms with E-state index in [0.29, 0.717) is 32.8 Å². The van der Waals surface area contributed by atoms with E-state index in [1.165, 1.54) is 6.08 Å². The Hall–Kier alpha value is -2.01. The van der Waals surface area contributed by atoms with Gasteiger partial charge in [-0.05, 0) is 48.5 Å². The summed E-state index contributed by atoms with van der Waals surface area (Å²) in [5, 5.41) is 3.66. The molecule has 0 aliphatic rings. The number of furan rings is 1. The fourth-order valence-corrected chi connectivity index (χ4v) is 2.98. The van der Waals surface area contributed by atoms with Crippen LogP contribution in [-0.2, 0) is 4.79 Å². The number of carbonyl (C=O) groups excluding carboxylic acids is 1. The van der Waals surface area contributed by atoms with E-state index in [1.54, 1.807) is 30.3 Å². The van der Waals surface area contributed by atoms with E-state index in [2.05, 4.69) is 21.2 Å². The van der Waals surface area contributed by atoms with Gasteiger partial charge in [0.05, 0.1) is 10.0 Å². The van der Waals surface area contributed by atoms with E-state index >= 15 is 0 Å². The van der Waals surface area contributed by atoms with Crippen LogP contribution in [0.15, 0.2) is 69.6 Å². The Morgan fingerprint density at radius 3 is 2.68 bits per heavy atom. The molecular weight excluding hydrogens is 425 g/mol. The molecule has 0 aliphatic carbocycles. The Kier molecular flexibility index (Phi) is 5.63. The summed E-state index contributed by atoms with van der Waals surface area (Å²) >= 11 is 15.6. The monoisotopic (exact) mass is 435 g/mol. The lowest BCUT2D eigenvalue weighted by Crippen LogP contribution is -2.07. The maximum atomic E-state index is 12.0. The van der Waals surface area contributed by atoms with E-state index in [0.717, 1.165) is 4.47 Å². The van der Waals surface area contributed by atoms with Crippen molar-refractivity contribution in [3.8, 4) is 11.3 Å². The van der Waals surface area contributed by atoms with Crippen LogP contribution in [0.25, 0.3) is 17.4 Å². The van der Waals surface area contributed by atoms with Crippen molar-refractivity contribution in [3.63, 3.8) is 0 Å². The largest absolute Gasteiger partial charge is 0.457 e. The lowest BCUT2D eigenvalue weighted by molar-refractivity contribution is -0.111. The van der Waals surface area contributed by atoms with Gasteiger partial charge in [0, 0.05) is 21.8 Å². The Morgan fingerprint density at radius 2 is 1.88 bits per heavy atom. The summed E-state index contributed by atoms with van der Waals surface area (Å²) in [6, 6.07) is 16.2. The predicted molar refractivity (Wildman–Crippen MR) is 106 cm³/mol. The van der Waals surface area contributed by atoms with Crippen LogP contribution in [0, 0.1) is 0 Å². The molecule has 6 heteroatoms. The molecule has 1 aromatic heterocycles. The Morgan fingerprint density at radius 1 is 1.08 bits per heavy atom. The predicted octanol–water partition coefficient (Wildman–Crippen LogP) is 6.67. The molecule has 0 aliphatic heterocycles. The molecule has 1 heterocycles. The van der Waals surface area contributed by atoms with E-state index in [-0.39, 0.29) is 5.91 Å². The van der Waals surface area contributed by atoms with E-state index in [1.807, 2.05) is 30.3 Å². The van der Waals surface area contributed by atoms with Crippen molar-refractivity contribution < 1.29 is 9.21 Å². The van der Waals surface area contributed by atoms with Crippen LogP contribution in [0.3, 0.4) is 0 Å². The van der Waals surface area contributed by atoms with Crippen molar-refractivity contribution in [3.05, 3.63) is 81.0 Å². The number of rotatable bonds is 4. The normalized spacial score (nSPS) is 11.0. The number of hydrogen-bond acceptors (Lipinski definition) is 2. The molecular formula is C19H12BrCl2NO2. The number of anilines is 1. The first-order valence-electron chi connectivity index (χ1n) is 7.32. The zero-order chi connectivity index (χ0) is 17.8. The molecule has 0 fully saturated rings. The number of hydrogen-bond donors (Lipinski definition) is 1. The highest BCUT2D eigenvalue weighted by molar-refractivity contribution is 9.10. The van der Waals surface area contributed by atoms with Crippen molar-refractivity contribution in [2.24, 2.45) is 0 Å². The molecule has 0 atom stereocenters. The molecule has 3 nitrogen and oxygen atoms in total. The summed E-state index contributed by atoms with van der Waals surface area (Å²) in [6.45, 7) is 0. The third-order valence-electron chi connectivity index (χ3n) is 3.33. The van der Waals surface area contributed by atoms with Gasteiger partial charge in [-0.2, -0.15) is 0 Å². The molecule has 3 rings (SSSR count). The van der Waals surface area contributed by atoms with Gasteiger partial charge >= 0.3 is 0 Å². The number of amides is 1. The smallest absolute Gasteiger partial charge is 0.248 e. The average Bonchev–Trinajstić information content (AvgIpc) is 3.04. The standard InChI is InChI=1S/C19H12BrCl2NO2/c20-12-3-1-4-13(11-12)23-18(24)10-8-14-7-9-17(25-14)15-5-2-6-16(21)19(15)22/h1-11H,(H,23,24). The maximum absolute atomic E-state index is 12.0. The van der Waals surface area contributed by atoms with E-state index in [4.69, 9.17) is 27.6 Å². The summed E-state index contributed by atoms with van der Waals surface area (Å²) in [5.74, 6) is 0.867. The summed E-state index contributed by atoms with van der Waals surface area (Å²) < 4.78 is 6.60. The van der Waals surface area contributed by atoms with Crippen LogP contribution in [0.4, 0.5) is 5.69 Å². The molecule has 3 aromatic rings. The molecule has 0 saturated heterocycles. The second-order valence-corrected chi connectivity index (χ2v) is 6.84. The van der Waals surface area contributed by atoms with Gasteiger partial charge in [-0.1, -0.05) is 51.3 Å². The van der Waals surface area contributed by atoms with Crippen LogP contribution < -0.4 is 5.32 Å². The van der Waals surface area contributed by atoms with Crippen LogP contribution in [0.1, 0.15) is 5.76 Å². The van der Waals surface area contributed by atoms with Gasteiger partial charge in [-0.15, -0.1) is 0 Å². The molecule has 0 spiro atoms. The van der Waals surface area contributed by atoms with Gasteiger partial charge in [-0.3, -0.25) is 4.79 Å². The van der Waals surface area contributed by atoms with Crippen LogP contribution in [0.2, 0.25) is 10.0 Å². The van der Waals surface area contributed by atoms with Crippen molar-refractivity contribution in [2.45, 2.75) is 0 Å². The zero-order valence-electron chi connectivity index (χ0n) is 12.8. The van der Waals surface area contributed by atoms with Crippen LogP contribution in [0.5, 0.6) is 0 Å². The molecule has 25 heavy (non-hydrogen) atoms. The van der Waals surface area contributed by atoms with Gasteiger partial charge < -0.3 is 9.73 Å². The third kappa shape index (κ3) is 4.54. The second-order valence-electron chi connectivity index (χ2n) is 5.14. The number of carbonyl (C=O) groups is 1. The summed E-state index contributed by atoms with van der Waals surface area (Å²) in [5.41, 5.74) is 1.40. The minimum Gasteiger partial charge on any atom is -0.457 e. The average molecular weight is 437 g/mol. The lowest BCUT2D eigenvalue weighted by atomic mass is 10.2. The zero-order valence-corrected chi connectivity index (χ0v) is 15.9. The van der Waals surface area contributed by atoms with Gasteiger partial charge in [0.25, 0.3) is 0 Å². The molecule has 1 amide bonds. The van der Waals surface area contributed by atoms with Crippen molar-refractivity contribution in [2.75, 3.05) is 5.32 Å². The quantitative estimate of drug-likeness (QED) is 0.464. The molecule has 0 radical (unpaired) electrons. The first kappa shape index (κ1) is 17.8. The highest BCUT2D eigenvalue weighted by atomic mass is 79.9. The highest BCUT2D eigenvalue weighted by Crippen LogP contribution is 2.34. The Bertz CT molecular complexity index is 950. The summed E-state index contributed by atoms with van der Waals surface area (Å²) in [6.07, 6.45) is 3.00. The van der Waals surface area contributed by atoms with Gasteiger partial charge in [-0.25, -0.2) is 0 Å². The van der Waals surface area contributed by atoms with Crippen LogP contribution >= 0.6 is 39.1 Å². The lowest BCUT2D eigenvalue weighted by Gasteiger charge is -2.02. The van der Waals surface area contributed by atoms with Gasteiger partial charge in [0.15, 0.2) is 0 Å². The van der Waals surface area contributed by atoms with Gasteiger partial charge in [0.2, 0.25) is 5.91 Å². The summed E-state index contributed by atoms with van der Waals surface area (Å²) in [7, 11) is 0. The van der Waals surface area contributed by atoms with E-state index in [9.17, 15) is 4.79 Å². The molecule has 0 saturated carbocycles. The Balaban J connectivity index is 1.71. The van der Waals surface area contributed by atoms with Crippen molar-refractivity contribution >= 4 is 56.8 Å². The third-order valence-corrected chi connectivity index (χ3v) is 4.65. The minimum atomic E-state index is -0.253. The fourth-order valence-electron chi connectivity index (χ4n) is 2.19. The maximum Gasteiger partial charge on any atom is 0.248 e. The van der Waals surface area contributed by atoms with Crippen molar-refractivity contribution in [1.82, 2.24) is 0 Å². The van der Waals surface area contributed by atoms with Gasteiger partial charge in [0.1, 0.15) is 11.5 Å². The first-order valence-corrected chi connectivity index (χ1v) is 8.86. The number of benzene rings is 2. The molecule has 126 valence electrons. The molecule has 0 bridgehead atoms. The minimum absolute atomic E-state index is 0.253. The fraction of sp³-hybridized carbons (Fsp3) is 0. The topological polar surface area (TPSA) is 42.2 Å².